The maximum atomic E-state index is 13.4. The third-order valence-electron chi connectivity index (χ3n) is 5.25. The van der Waals surface area contributed by atoms with Crippen LogP contribution in [0.3, 0.4) is 0 Å². The first-order valence-electron chi connectivity index (χ1n) is 9.29. The minimum atomic E-state index is -0.565. The highest BCUT2D eigenvalue weighted by molar-refractivity contribution is 9.10. The summed E-state index contributed by atoms with van der Waals surface area (Å²) in [6, 6.07) is 16.9. The quantitative estimate of drug-likeness (QED) is 0.533. The molecule has 3 aromatic rings. The van der Waals surface area contributed by atoms with Gasteiger partial charge in [-0.25, -0.2) is 4.90 Å². The van der Waals surface area contributed by atoms with Crippen LogP contribution in [-0.4, -0.2) is 22.0 Å². The van der Waals surface area contributed by atoms with E-state index in [2.05, 4.69) is 20.9 Å². The number of imide groups is 1. The van der Waals surface area contributed by atoms with Crippen molar-refractivity contribution in [1.29, 1.82) is 0 Å². The van der Waals surface area contributed by atoms with E-state index in [9.17, 15) is 14.4 Å². The first kappa shape index (κ1) is 19.5. The zero-order valence-electron chi connectivity index (χ0n) is 15.4. The van der Waals surface area contributed by atoms with Crippen molar-refractivity contribution in [1.82, 2.24) is 4.98 Å². The van der Waals surface area contributed by atoms with Crippen LogP contribution < -0.4 is 9.77 Å². The summed E-state index contributed by atoms with van der Waals surface area (Å²) in [4.78, 5) is 43.5. The van der Waals surface area contributed by atoms with Gasteiger partial charge < -0.3 is 4.98 Å². The smallest absolute Gasteiger partial charge is 0.305 e. The number of carbonyl (C=O) groups is 2. The molecule has 2 aromatic carbocycles. The Bertz CT molecular complexity index is 1220. The summed E-state index contributed by atoms with van der Waals surface area (Å²) < 4.78 is 0.876. The lowest BCUT2D eigenvalue weighted by atomic mass is 9.88. The lowest BCUT2D eigenvalue weighted by molar-refractivity contribution is -0.122. The molecule has 0 aliphatic carbocycles. The Morgan fingerprint density at radius 2 is 1.70 bits per heavy atom. The summed E-state index contributed by atoms with van der Waals surface area (Å²) in [7, 11) is 0. The highest BCUT2D eigenvalue weighted by Crippen LogP contribution is 2.51. The van der Waals surface area contributed by atoms with Crippen LogP contribution in [0.1, 0.15) is 16.4 Å². The fraction of sp³-hybridized carbons (Fsp3) is 0.136. The molecule has 0 radical (unpaired) electrons. The number of aromatic nitrogens is 1. The van der Waals surface area contributed by atoms with Gasteiger partial charge in [-0.15, -0.1) is 0 Å². The van der Waals surface area contributed by atoms with Crippen molar-refractivity contribution < 1.29 is 9.59 Å². The van der Waals surface area contributed by atoms with Gasteiger partial charge in [0, 0.05) is 15.3 Å². The van der Waals surface area contributed by atoms with Crippen molar-refractivity contribution >= 4 is 62.6 Å². The number of carbonyl (C=O) groups excluding carboxylic acids is 2. The minimum Gasteiger partial charge on any atom is -0.307 e. The van der Waals surface area contributed by atoms with Crippen molar-refractivity contribution in [3.05, 3.63) is 85.3 Å². The summed E-state index contributed by atoms with van der Waals surface area (Å²) in [5.41, 5.74) is 1.56. The van der Waals surface area contributed by atoms with Crippen molar-refractivity contribution in [2.24, 2.45) is 5.92 Å². The van der Waals surface area contributed by atoms with E-state index in [1.165, 1.54) is 16.7 Å². The van der Waals surface area contributed by atoms with Gasteiger partial charge in [0.05, 0.1) is 16.6 Å². The average molecular weight is 499 g/mol. The first-order chi connectivity index (χ1) is 14.5. The number of thiazole rings is 1. The summed E-state index contributed by atoms with van der Waals surface area (Å²) in [5, 5.41) is 0.122. The van der Waals surface area contributed by atoms with E-state index in [4.69, 9.17) is 0 Å². The van der Waals surface area contributed by atoms with Gasteiger partial charge in [0.15, 0.2) is 0 Å². The number of fused-ring (bicyclic) bond motifs is 2. The second-order valence-electron chi connectivity index (χ2n) is 7.06. The van der Waals surface area contributed by atoms with Crippen molar-refractivity contribution in [3.63, 3.8) is 0 Å². The predicted molar refractivity (Wildman–Crippen MR) is 123 cm³/mol. The van der Waals surface area contributed by atoms with E-state index in [1.807, 2.05) is 54.6 Å². The fourth-order valence-corrected chi connectivity index (χ4v) is 6.64. The molecule has 5 nitrogen and oxygen atoms in total. The molecule has 0 bridgehead atoms. The van der Waals surface area contributed by atoms with Gasteiger partial charge in [0.2, 0.25) is 11.8 Å². The largest absolute Gasteiger partial charge is 0.307 e. The number of benzene rings is 2. The van der Waals surface area contributed by atoms with Gasteiger partial charge in [-0.05, 0) is 29.8 Å². The number of hydrogen-bond acceptors (Lipinski definition) is 5. The fourth-order valence-electron chi connectivity index (χ4n) is 3.89. The number of halogens is 1. The molecule has 8 heteroatoms. The summed E-state index contributed by atoms with van der Waals surface area (Å²) in [5.74, 6) is -1.36. The van der Waals surface area contributed by atoms with Crippen LogP contribution in [0.25, 0.3) is 6.08 Å². The molecule has 3 unspecified atom stereocenters. The number of thioether (sulfide) groups is 1. The predicted octanol–water partition coefficient (Wildman–Crippen LogP) is 4.66. The van der Waals surface area contributed by atoms with Crippen molar-refractivity contribution in [2.45, 2.75) is 16.2 Å². The zero-order valence-corrected chi connectivity index (χ0v) is 18.7. The van der Waals surface area contributed by atoms with Crippen LogP contribution in [0.4, 0.5) is 5.69 Å². The summed E-state index contributed by atoms with van der Waals surface area (Å²) in [6.07, 6.45) is 3.90. The topological polar surface area (TPSA) is 70.2 Å². The number of nitrogens with zero attached hydrogens (tertiary/aromatic N) is 1. The Kier molecular flexibility index (Phi) is 5.00. The van der Waals surface area contributed by atoms with Gasteiger partial charge in [0.1, 0.15) is 5.25 Å². The van der Waals surface area contributed by atoms with Crippen molar-refractivity contribution in [2.75, 3.05) is 4.90 Å². The molecule has 3 atom stereocenters. The lowest BCUT2D eigenvalue weighted by Crippen LogP contribution is -2.31. The standard InChI is InChI=1S/C22H15BrN2O3S2/c23-13-7-9-14(10-8-13)25-20(26)16-15(11-6-12-4-2-1-3-5-12)17-19(24-22(28)30-17)29-18(16)21(25)27/h1-11,15-16,18H,(H,24,28). The van der Waals surface area contributed by atoms with E-state index in [-0.39, 0.29) is 22.6 Å². The highest BCUT2D eigenvalue weighted by atomic mass is 79.9. The number of nitrogens with one attached hydrogen (secondary N) is 1. The molecule has 2 amide bonds. The molecule has 2 aliphatic heterocycles. The maximum absolute atomic E-state index is 13.4. The molecule has 30 heavy (non-hydrogen) atoms. The SMILES string of the molecule is O=C1C2Sc3[nH]c(=O)sc3C(C=Cc3ccccc3)C2C(=O)N1c1ccc(Br)cc1. The second kappa shape index (κ2) is 7.68. The second-order valence-corrected chi connectivity index (χ2v) is 10.1. The lowest BCUT2D eigenvalue weighted by Gasteiger charge is -2.27. The molecule has 1 saturated heterocycles. The molecule has 3 heterocycles. The molecule has 2 aliphatic rings. The number of rotatable bonds is 3. The van der Waals surface area contributed by atoms with Gasteiger partial charge in [-0.1, -0.05) is 81.5 Å². The Hall–Kier alpha value is -2.42. The molecule has 0 saturated carbocycles. The van der Waals surface area contributed by atoms with E-state index in [0.29, 0.717) is 10.7 Å². The number of aromatic amines is 1. The van der Waals surface area contributed by atoms with Gasteiger partial charge in [-0.3, -0.25) is 14.4 Å². The minimum absolute atomic E-state index is 0.171. The van der Waals surface area contributed by atoms with Gasteiger partial charge in [0.25, 0.3) is 0 Å². The first-order valence-corrected chi connectivity index (χ1v) is 11.8. The third kappa shape index (κ3) is 3.29. The maximum Gasteiger partial charge on any atom is 0.305 e. The third-order valence-corrected chi connectivity index (χ3v) is 8.20. The normalized spacial score (nSPS) is 23.1. The molecule has 150 valence electrons. The molecule has 1 aromatic heterocycles. The van der Waals surface area contributed by atoms with Gasteiger partial charge >= 0.3 is 4.87 Å². The van der Waals surface area contributed by atoms with Crippen LogP contribution in [0.15, 0.2) is 75.0 Å². The number of allylic oxidation sites excluding steroid dienone is 1. The van der Waals surface area contributed by atoms with Crippen LogP contribution in [-0.2, 0) is 9.59 Å². The highest BCUT2D eigenvalue weighted by Gasteiger charge is 2.55. The molecule has 0 spiro atoms. The van der Waals surface area contributed by atoms with Crippen molar-refractivity contribution in [3.8, 4) is 0 Å². The van der Waals surface area contributed by atoms with Crippen LogP contribution >= 0.6 is 39.0 Å². The molecule has 1 fully saturated rings. The van der Waals surface area contributed by atoms with Gasteiger partial charge in [-0.2, -0.15) is 0 Å². The average Bonchev–Trinajstić information content (AvgIpc) is 3.24. The Balaban J connectivity index is 1.57. The van der Waals surface area contributed by atoms with E-state index in [0.717, 1.165) is 26.3 Å². The van der Waals surface area contributed by atoms with Crippen LogP contribution in [0.2, 0.25) is 0 Å². The van der Waals surface area contributed by atoms with E-state index in [1.54, 1.807) is 12.1 Å². The Morgan fingerprint density at radius 3 is 2.43 bits per heavy atom. The number of amides is 2. The summed E-state index contributed by atoms with van der Waals surface area (Å²) in [6.45, 7) is 0. The number of anilines is 1. The van der Waals surface area contributed by atoms with E-state index >= 15 is 0 Å². The monoisotopic (exact) mass is 498 g/mol. The number of H-pyrrole nitrogens is 1. The Labute approximate surface area is 188 Å². The van der Waals surface area contributed by atoms with E-state index < -0.39 is 11.2 Å². The van der Waals surface area contributed by atoms with Crippen LogP contribution in [0.5, 0.6) is 0 Å². The Morgan fingerprint density at radius 1 is 0.967 bits per heavy atom. The molecular formula is C22H15BrN2O3S2. The molecular weight excluding hydrogens is 484 g/mol. The molecule has 1 N–H and O–H groups in total. The summed E-state index contributed by atoms with van der Waals surface area (Å²) >= 11 is 5.78. The molecule has 5 rings (SSSR count). The zero-order chi connectivity index (χ0) is 20.8. The number of hydrogen-bond donors (Lipinski definition) is 1. The van der Waals surface area contributed by atoms with Crippen LogP contribution in [0, 0.1) is 5.92 Å².